The molecule has 446 valence electrons. The average molecular weight is 1170 g/mol. The molecule has 0 saturated carbocycles. The van der Waals surface area contributed by atoms with Crippen LogP contribution < -0.4 is 14.2 Å². The highest BCUT2D eigenvalue weighted by atomic mass is 16.7. The Morgan fingerprint density at radius 3 is 1.35 bits per heavy atom. The third-order valence-electron chi connectivity index (χ3n) is 13.1. The van der Waals surface area contributed by atoms with Crippen LogP contribution in [-0.2, 0) is 52.3 Å². The summed E-state index contributed by atoms with van der Waals surface area (Å²) < 4.78 is 56.7. The van der Waals surface area contributed by atoms with Gasteiger partial charge in [0, 0.05) is 29.8 Å². The Hall–Kier alpha value is -8.30. The Labute approximate surface area is 467 Å². The van der Waals surface area contributed by atoms with Gasteiger partial charge in [0.25, 0.3) is 0 Å². The van der Waals surface area contributed by atoms with E-state index in [1.54, 1.807) is 0 Å². The molecule has 4 aromatic carbocycles. The third-order valence-corrected chi connectivity index (χ3v) is 13.1. The Bertz CT molecular complexity index is 2930. The largest absolute Gasteiger partial charge is 0.508 e. The normalized spacial score (nSPS) is 29.6. The van der Waals surface area contributed by atoms with Crippen molar-refractivity contribution in [1.82, 2.24) is 0 Å². The third kappa shape index (κ3) is 14.7. The van der Waals surface area contributed by atoms with Gasteiger partial charge in [-0.25, -0.2) is 9.59 Å². The van der Waals surface area contributed by atoms with Crippen LogP contribution in [0.25, 0.3) is 18.2 Å². The van der Waals surface area contributed by atoms with Gasteiger partial charge in [-0.05, 0) is 65.8 Å². The fraction of sp³-hybridized carbons (Fsp3) is 0.370. The van der Waals surface area contributed by atoms with Crippen molar-refractivity contribution < 1.29 is 143 Å². The summed E-state index contributed by atoms with van der Waals surface area (Å²) in [4.78, 5) is 48.6. The van der Waals surface area contributed by atoms with Crippen molar-refractivity contribution in [3.63, 3.8) is 0 Å². The Kier molecular flexibility index (Phi) is 19.3. The molecule has 0 bridgehead atoms. The minimum Gasteiger partial charge on any atom is -0.508 e. The van der Waals surface area contributed by atoms with Crippen molar-refractivity contribution in [2.75, 3.05) is 19.8 Å². The number of ether oxygens (including phenoxy) is 10. The molecule has 0 radical (unpaired) electrons. The van der Waals surface area contributed by atoms with Gasteiger partial charge in [0.15, 0.2) is 17.6 Å². The van der Waals surface area contributed by atoms with Crippen molar-refractivity contribution in [3.8, 4) is 46.0 Å². The Morgan fingerprint density at radius 2 is 0.916 bits per heavy atom. The van der Waals surface area contributed by atoms with Gasteiger partial charge in [0.05, 0.1) is 5.56 Å². The number of benzene rings is 4. The standard InChI is InChI=1S/C54H56O29/c55-25-7-1-22(2-8-25)5-11-38(61)74-19-34-42(65)45(68)48(71)52(81-34)78-31-13-24(14-32(41(31)64)79-53-49(72)46(69)43(66)35(82-53)20-75-39(62)12-6-23-3-9-26(56)10-4-23)51-33(17-28-29(58)15-27(57)16-30(28)77-51)80-54-50(73)47(70)44(67)36(83-54)21-76-40(63)18-37(59)60/h1-17,34-36,42-58,64-73H,18-21H2,(H,59,60)/b11-5+,12-6+/t34-,35+,36-,42-,43-,44-,45+,46+,47+,48-,49-,50-,51?,52-,53-,54-/m1/s1. The molecule has 83 heavy (non-hydrogen) atoms. The second-order valence-corrected chi connectivity index (χ2v) is 19.0. The molecule has 29 heteroatoms. The van der Waals surface area contributed by atoms with E-state index in [0.29, 0.717) is 11.1 Å². The first-order chi connectivity index (χ1) is 39.4. The van der Waals surface area contributed by atoms with E-state index in [0.717, 1.165) is 42.5 Å². The first kappa shape index (κ1) is 60.8. The number of carbonyl (C=O) groups is 4. The molecule has 0 spiro atoms. The zero-order chi connectivity index (χ0) is 60.0. The predicted molar refractivity (Wildman–Crippen MR) is 271 cm³/mol. The molecule has 8 rings (SSSR count). The minimum absolute atomic E-state index is 0.0357. The predicted octanol–water partition coefficient (Wildman–Crippen LogP) is -1.58. The lowest BCUT2D eigenvalue weighted by Crippen LogP contribution is -2.60. The van der Waals surface area contributed by atoms with Crippen LogP contribution in [0.15, 0.2) is 90.7 Å². The van der Waals surface area contributed by atoms with E-state index in [2.05, 4.69) is 0 Å². The van der Waals surface area contributed by atoms with Crippen LogP contribution in [0.5, 0.6) is 46.0 Å². The summed E-state index contributed by atoms with van der Waals surface area (Å²) in [5.74, 6) is -9.46. The lowest BCUT2D eigenvalue weighted by Gasteiger charge is -2.41. The molecular weight excluding hydrogens is 1110 g/mol. The van der Waals surface area contributed by atoms with E-state index in [4.69, 9.17) is 52.5 Å². The minimum atomic E-state index is -2.18. The summed E-state index contributed by atoms with van der Waals surface area (Å²) in [5, 5.41) is 161. The van der Waals surface area contributed by atoms with Crippen molar-refractivity contribution in [3.05, 3.63) is 113 Å². The Balaban J connectivity index is 1.12. The van der Waals surface area contributed by atoms with Crippen LogP contribution in [0.1, 0.15) is 34.8 Å². The second-order valence-electron chi connectivity index (χ2n) is 19.0. The summed E-state index contributed by atoms with van der Waals surface area (Å²) in [6.45, 7) is -2.46. The highest BCUT2D eigenvalue weighted by Crippen LogP contribution is 2.48. The molecule has 0 amide bonds. The number of aromatic hydroxyl groups is 5. The van der Waals surface area contributed by atoms with Gasteiger partial charge in [-0.2, -0.15) is 0 Å². The maximum absolute atomic E-state index is 12.7. The van der Waals surface area contributed by atoms with Crippen molar-refractivity contribution >= 4 is 42.1 Å². The molecule has 4 aliphatic heterocycles. The molecule has 16 atom stereocenters. The molecule has 4 aromatic rings. The lowest BCUT2D eigenvalue weighted by molar-refractivity contribution is -0.294. The van der Waals surface area contributed by atoms with Gasteiger partial charge < -0.3 is 124 Å². The number of aliphatic carboxylic acids is 1. The molecule has 0 aromatic heterocycles. The van der Waals surface area contributed by atoms with Crippen molar-refractivity contribution in [2.45, 2.75) is 105 Å². The van der Waals surface area contributed by atoms with Gasteiger partial charge >= 0.3 is 23.9 Å². The quantitative estimate of drug-likeness (QED) is 0.0218. The summed E-state index contributed by atoms with van der Waals surface area (Å²) >= 11 is 0. The number of phenols is 5. The fourth-order valence-electron chi connectivity index (χ4n) is 8.62. The highest BCUT2D eigenvalue weighted by molar-refractivity contribution is 5.90. The number of hydrogen-bond donors (Lipinski definition) is 15. The van der Waals surface area contributed by atoms with Crippen LogP contribution in [0.2, 0.25) is 0 Å². The van der Waals surface area contributed by atoms with Crippen molar-refractivity contribution in [1.29, 1.82) is 0 Å². The topological polar surface area (TPSA) is 464 Å². The summed E-state index contributed by atoms with van der Waals surface area (Å²) in [5.41, 5.74) is 0.454. The number of carboxylic acid groups (broad SMARTS) is 1. The monoisotopic (exact) mass is 1170 g/mol. The van der Waals surface area contributed by atoms with Gasteiger partial charge in [-0.15, -0.1) is 0 Å². The van der Waals surface area contributed by atoms with Crippen molar-refractivity contribution in [2.24, 2.45) is 0 Å². The van der Waals surface area contributed by atoms with Crippen LogP contribution >= 0.6 is 0 Å². The Morgan fingerprint density at radius 1 is 0.494 bits per heavy atom. The highest BCUT2D eigenvalue weighted by Gasteiger charge is 2.50. The number of carbonyl (C=O) groups excluding carboxylic acids is 3. The molecule has 0 aliphatic carbocycles. The molecular formula is C54H56O29. The fourth-order valence-corrected chi connectivity index (χ4v) is 8.62. The van der Waals surface area contributed by atoms with Crippen LogP contribution in [0, 0.1) is 0 Å². The van der Waals surface area contributed by atoms with E-state index >= 15 is 0 Å². The van der Waals surface area contributed by atoms with Crippen LogP contribution in [-0.4, -0.2) is 212 Å². The summed E-state index contributed by atoms with van der Waals surface area (Å²) in [7, 11) is 0. The molecule has 29 nitrogen and oxygen atoms in total. The summed E-state index contributed by atoms with van der Waals surface area (Å²) in [6, 6.07) is 15.3. The number of aliphatic hydroxyl groups excluding tert-OH is 9. The van der Waals surface area contributed by atoms with Gasteiger partial charge in [-0.1, -0.05) is 24.3 Å². The number of aliphatic hydroxyl groups is 9. The zero-order valence-electron chi connectivity index (χ0n) is 42.8. The van der Waals surface area contributed by atoms with Crippen LogP contribution in [0.3, 0.4) is 0 Å². The number of carboxylic acids is 1. The first-order valence-corrected chi connectivity index (χ1v) is 25.0. The maximum Gasteiger partial charge on any atom is 0.330 e. The van der Waals surface area contributed by atoms with E-state index in [-0.39, 0.29) is 28.4 Å². The second kappa shape index (κ2) is 26.3. The lowest BCUT2D eigenvalue weighted by atomic mass is 9.98. The van der Waals surface area contributed by atoms with Crippen LogP contribution in [0.4, 0.5) is 0 Å². The number of esters is 3. The van der Waals surface area contributed by atoms with Gasteiger partial charge in [0.1, 0.15) is 134 Å². The number of rotatable bonds is 19. The van der Waals surface area contributed by atoms with E-state index < -0.39 is 183 Å². The number of phenolic OH excluding ortho intramolecular Hbond substituents is 5. The number of fused-ring (bicyclic) bond motifs is 1. The van der Waals surface area contributed by atoms with Gasteiger partial charge in [0.2, 0.25) is 24.6 Å². The molecule has 4 aliphatic rings. The molecule has 3 saturated heterocycles. The maximum atomic E-state index is 12.7. The van der Waals surface area contributed by atoms with E-state index in [1.807, 2.05) is 0 Å². The average Bonchev–Trinajstić information content (AvgIpc) is 3.61. The molecule has 3 fully saturated rings. The smallest absolute Gasteiger partial charge is 0.330 e. The first-order valence-electron chi connectivity index (χ1n) is 25.0. The van der Waals surface area contributed by atoms with Gasteiger partial charge in [-0.3, -0.25) is 9.59 Å². The van der Waals surface area contributed by atoms with E-state index in [9.17, 15) is 90.7 Å². The summed E-state index contributed by atoms with van der Waals surface area (Å²) in [6.07, 6.45) is -27.2. The zero-order valence-corrected chi connectivity index (χ0v) is 42.8. The van der Waals surface area contributed by atoms with E-state index in [1.165, 1.54) is 60.7 Å². The SMILES string of the molecule is O=C(O)CC(=O)OC[C@H]1O[C@@H](OC2=Cc3c(O)cc(O)cc3OC2c2cc(O[C@@H]3O[C@@H](COC(=O)/C=C/c4ccc(O)cc4)[C@@H](O)[C@H](O)[C@H]3O)c(O)c(O[C@@H]3O[C@H](COC(=O)/C=C/c4ccc(O)cc4)[C@@H](O)[C@H](O)[C@H]3O)c2)[C@H](O)[C@@H](O)[C@@H]1O. The molecule has 1 unspecified atom stereocenters. The molecule has 4 heterocycles. The number of hydrogen-bond acceptors (Lipinski definition) is 28. The molecule has 15 N–H and O–H groups in total.